The molecular weight excluding hydrogens is 232 g/mol. The molecule has 0 aliphatic heterocycles. The number of carbonyl (C=O) groups is 2. The second-order valence-corrected chi connectivity index (χ2v) is 4.82. The van der Waals surface area contributed by atoms with Crippen LogP contribution in [-0.2, 0) is 11.3 Å². The topological polar surface area (TPSA) is 62.5 Å². The Bertz CT molecular complexity index is 437. The zero-order valence-corrected chi connectivity index (χ0v) is 11.3. The van der Waals surface area contributed by atoms with E-state index in [1.807, 2.05) is 20.8 Å². The van der Waals surface area contributed by atoms with E-state index in [1.54, 1.807) is 24.2 Å². The van der Waals surface area contributed by atoms with E-state index in [9.17, 15) is 9.59 Å². The quantitative estimate of drug-likeness (QED) is 0.867. The summed E-state index contributed by atoms with van der Waals surface area (Å²) in [4.78, 5) is 24.6. The van der Waals surface area contributed by atoms with Crippen molar-refractivity contribution in [2.75, 3.05) is 7.05 Å². The van der Waals surface area contributed by atoms with Crippen LogP contribution in [-0.4, -0.2) is 39.5 Å². The summed E-state index contributed by atoms with van der Waals surface area (Å²) >= 11 is 0. The van der Waals surface area contributed by atoms with Crippen LogP contribution in [0, 0.1) is 5.92 Å². The van der Waals surface area contributed by atoms with E-state index in [2.05, 4.69) is 0 Å². The van der Waals surface area contributed by atoms with Gasteiger partial charge in [0.15, 0.2) is 0 Å². The average molecular weight is 252 g/mol. The summed E-state index contributed by atoms with van der Waals surface area (Å²) in [6.45, 7) is 6.14. The van der Waals surface area contributed by atoms with Crippen molar-refractivity contribution in [1.82, 2.24) is 9.47 Å². The lowest BCUT2D eigenvalue weighted by atomic mass is 10.1. The fourth-order valence-corrected chi connectivity index (χ4v) is 1.68. The van der Waals surface area contributed by atoms with E-state index >= 15 is 0 Å². The highest BCUT2D eigenvalue weighted by atomic mass is 16.4. The number of likely N-dealkylation sites (N-methyl/N-ethyl adjacent to an activating group) is 1. The van der Waals surface area contributed by atoms with Crippen LogP contribution >= 0.6 is 0 Å². The van der Waals surface area contributed by atoms with Crippen LogP contribution in [0.25, 0.3) is 0 Å². The maximum Gasteiger partial charge on any atom is 0.352 e. The summed E-state index contributed by atoms with van der Waals surface area (Å²) in [6, 6.07) is 3.24. The maximum absolute atomic E-state index is 12.0. The fraction of sp³-hybridized carbons (Fsp3) is 0.538. The third-order valence-electron chi connectivity index (χ3n) is 3.32. The van der Waals surface area contributed by atoms with Crippen LogP contribution in [0.15, 0.2) is 18.3 Å². The van der Waals surface area contributed by atoms with Gasteiger partial charge < -0.3 is 14.6 Å². The summed E-state index contributed by atoms with van der Waals surface area (Å²) in [5, 5.41) is 8.96. The summed E-state index contributed by atoms with van der Waals surface area (Å²) in [7, 11) is 1.75. The number of nitrogens with zero attached hydrogens (tertiary/aromatic N) is 2. The zero-order chi connectivity index (χ0) is 13.9. The fourth-order valence-electron chi connectivity index (χ4n) is 1.68. The summed E-state index contributed by atoms with van der Waals surface area (Å²) in [5.41, 5.74) is 0.133. The van der Waals surface area contributed by atoms with Crippen molar-refractivity contribution in [2.24, 2.45) is 5.92 Å². The molecule has 0 aromatic carbocycles. The number of hydrogen-bond acceptors (Lipinski definition) is 2. The molecule has 1 amide bonds. The van der Waals surface area contributed by atoms with Gasteiger partial charge in [-0.05, 0) is 25.0 Å². The largest absolute Gasteiger partial charge is 0.477 e. The Morgan fingerprint density at radius 3 is 2.50 bits per heavy atom. The lowest BCUT2D eigenvalue weighted by Crippen LogP contribution is -2.40. The molecule has 0 spiro atoms. The van der Waals surface area contributed by atoms with Gasteiger partial charge in [-0.25, -0.2) is 4.79 Å². The van der Waals surface area contributed by atoms with Crippen molar-refractivity contribution >= 4 is 11.9 Å². The molecule has 1 atom stereocenters. The highest BCUT2D eigenvalue weighted by molar-refractivity contribution is 5.86. The third kappa shape index (κ3) is 3.12. The second-order valence-electron chi connectivity index (χ2n) is 4.82. The molecule has 1 rings (SSSR count). The van der Waals surface area contributed by atoms with E-state index in [-0.39, 0.29) is 24.2 Å². The predicted octanol–water partition coefficient (Wildman–Crippen LogP) is 1.69. The molecule has 18 heavy (non-hydrogen) atoms. The van der Waals surface area contributed by atoms with Crippen molar-refractivity contribution in [3.05, 3.63) is 24.0 Å². The lowest BCUT2D eigenvalue weighted by Gasteiger charge is -2.28. The Morgan fingerprint density at radius 2 is 2.00 bits per heavy atom. The lowest BCUT2D eigenvalue weighted by molar-refractivity contribution is -0.133. The molecule has 0 saturated carbocycles. The van der Waals surface area contributed by atoms with Crippen LogP contribution in [0.3, 0.4) is 0 Å². The molecule has 1 unspecified atom stereocenters. The first-order valence-corrected chi connectivity index (χ1v) is 5.98. The number of aromatic carboxylic acids is 1. The number of rotatable bonds is 5. The number of carbonyl (C=O) groups excluding carboxylic acids is 1. The minimum Gasteiger partial charge on any atom is -0.477 e. The van der Waals surface area contributed by atoms with Crippen LogP contribution in [0.2, 0.25) is 0 Å². The molecule has 1 aromatic rings. The Labute approximate surface area is 107 Å². The molecule has 5 heteroatoms. The second kappa shape index (κ2) is 5.71. The van der Waals surface area contributed by atoms with E-state index < -0.39 is 5.97 Å². The molecular formula is C13H20N2O3. The Balaban J connectivity index is 2.76. The zero-order valence-electron chi connectivity index (χ0n) is 11.3. The summed E-state index contributed by atoms with van der Waals surface area (Å²) < 4.78 is 1.45. The van der Waals surface area contributed by atoms with Crippen LogP contribution in [0.1, 0.15) is 31.3 Å². The van der Waals surface area contributed by atoms with Crippen molar-refractivity contribution < 1.29 is 14.7 Å². The first kappa shape index (κ1) is 14.3. The Hall–Kier alpha value is -1.78. The normalized spacial score (nSPS) is 12.5. The molecule has 0 aliphatic carbocycles. The van der Waals surface area contributed by atoms with Gasteiger partial charge in [-0.2, -0.15) is 0 Å². The third-order valence-corrected chi connectivity index (χ3v) is 3.32. The van der Waals surface area contributed by atoms with Gasteiger partial charge in [-0.1, -0.05) is 13.8 Å². The van der Waals surface area contributed by atoms with Gasteiger partial charge in [-0.3, -0.25) is 4.79 Å². The molecule has 0 bridgehead atoms. The van der Waals surface area contributed by atoms with Gasteiger partial charge in [0.1, 0.15) is 12.2 Å². The van der Waals surface area contributed by atoms with Gasteiger partial charge in [0, 0.05) is 19.3 Å². The molecule has 0 fully saturated rings. The molecule has 0 aliphatic rings. The molecule has 5 nitrogen and oxygen atoms in total. The van der Waals surface area contributed by atoms with Gasteiger partial charge in [0.25, 0.3) is 0 Å². The van der Waals surface area contributed by atoms with Gasteiger partial charge in [0.05, 0.1) is 0 Å². The van der Waals surface area contributed by atoms with E-state index in [1.165, 1.54) is 10.6 Å². The number of hydrogen-bond donors (Lipinski definition) is 1. The minimum atomic E-state index is -1.02. The number of aromatic nitrogens is 1. The van der Waals surface area contributed by atoms with E-state index in [4.69, 9.17) is 5.11 Å². The van der Waals surface area contributed by atoms with Gasteiger partial charge >= 0.3 is 5.97 Å². The summed E-state index contributed by atoms with van der Waals surface area (Å²) in [5.74, 6) is -0.746. The van der Waals surface area contributed by atoms with Gasteiger partial charge in [0.2, 0.25) is 5.91 Å². The number of carboxylic acids is 1. The van der Waals surface area contributed by atoms with Crippen molar-refractivity contribution in [3.8, 4) is 0 Å². The Morgan fingerprint density at radius 1 is 1.39 bits per heavy atom. The van der Waals surface area contributed by atoms with E-state index in [0.717, 1.165) is 0 Å². The predicted molar refractivity (Wildman–Crippen MR) is 68.5 cm³/mol. The number of amides is 1. The molecule has 1 heterocycles. The van der Waals surface area contributed by atoms with Crippen molar-refractivity contribution in [3.63, 3.8) is 0 Å². The minimum absolute atomic E-state index is 0.0577. The summed E-state index contributed by atoms with van der Waals surface area (Å²) in [6.07, 6.45) is 1.61. The van der Waals surface area contributed by atoms with Gasteiger partial charge in [-0.15, -0.1) is 0 Å². The highest BCUT2D eigenvalue weighted by Gasteiger charge is 2.20. The highest BCUT2D eigenvalue weighted by Crippen LogP contribution is 2.10. The van der Waals surface area contributed by atoms with Crippen molar-refractivity contribution in [2.45, 2.75) is 33.4 Å². The standard InChI is InChI=1S/C13H20N2O3/c1-9(2)10(3)14(4)12(16)8-15-7-5-6-11(15)13(17)18/h5-7,9-10H,8H2,1-4H3,(H,17,18). The van der Waals surface area contributed by atoms with Crippen LogP contribution in [0.4, 0.5) is 0 Å². The molecule has 100 valence electrons. The van der Waals surface area contributed by atoms with Crippen LogP contribution < -0.4 is 0 Å². The van der Waals surface area contributed by atoms with Crippen molar-refractivity contribution in [1.29, 1.82) is 0 Å². The monoisotopic (exact) mass is 252 g/mol. The van der Waals surface area contributed by atoms with Crippen LogP contribution in [0.5, 0.6) is 0 Å². The first-order valence-electron chi connectivity index (χ1n) is 5.98. The number of carboxylic acid groups (broad SMARTS) is 1. The maximum atomic E-state index is 12.0. The smallest absolute Gasteiger partial charge is 0.352 e. The first-order chi connectivity index (χ1) is 8.34. The SMILES string of the molecule is CC(C)C(C)N(C)C(=O)Cn1cccc1C(=O)O. The molecule has 1 aromatic heterocycles. The molecule has 0 radical (unpaired) electrons. The average Bonchev–Trinajstić information content (AvgIpc) is 2.74. The molecule has 1 N–H and O–H groups in total. The molecule has 0 saturated heterocycles. The Kier molecular flexibility index (Phi) is 4.53. The van der Waals surface area contributed by atoms with E-state index in [0.29, 0.717) is 5.92 Å².